The van der Waals surface area contributed by atoms with Crippen LogP contribution in [-0.4, -0.2) is 0 Å². The van der Waals surface area contributed by atoms with Gasteiger partial charge in [-0.2, -0.15) is 0 Å². The molecule has 0 heterocycles. The van der Waals surface area contributed by atoms with E-state index in [4.69, 9.17) is 0 Å². The summed E-state index contributed by atoms with van der Waals surface area (Å²) in [4.78, 5) is 0. The lowest BCUT2D eigenvalue weighted by atomic mass is 10.00. The number of aryl methyl sites for hydroxylation is 6. The summed E-state index contributed by atoms with van der Waals surface area (Å²) in [5.74, 6) is 6.14. The Morgan fingerprint density at radius 3 is 1.41 bits per heavy atom. The average molecular weight is 583 g/mol. The average Bonchev–Trinajstić information content (AvgIpc) is 3.04. The van der Waals surface area contributed by atoms with Crippen LogP contribution in [0.2, 0.25) is 0 Å². The van der Waals surface area contributed by atoms with E-state index in [-0.39, 0.29) is 0 Å². The summed E-state index contributed by atoms with van der Waals surface area (Å²) in [6.45, 7) is 26.8. The van der Waals surface area contributed by atoms with Gasteiger partial charge in [0.2, 0.25) is 0 Å². The number of hydrogen-bond acceptors (Lipinski definition) is 0. The first-order valence-electron chi connectivity index (χ1n) is 15.6. The predicted molar refractivity (Wildman–Crippen MR) is 203 cm³/mol. The molecule has 0 nitrogen and oxygen atoms in total. The quantitative estimate of drug-likeness (QED) is 0.172. The van der Waals surface area contributed by atoms with E-state index < -0.39 is 0 Å². The molecular formula is C44H54. The fourth-order valence-electron chi connectivity index (χ4n) is 4.45. The monoisotopic (exact) mass is 582 g/mol. The van der Waals surface area contributed by atoms with E-state index in [1.54, 1.807) is 0 Å². The maximum absolute atomic E-state index is 4.00. The third-order valence-electron chi connectivity index (χ3n) is 6.89. The first kappa shape index (κ1) is 39.5. The van der Waals surface area contributed by atoms with Gasteiger partial charge in [-0.25, -0.2) is 0 Å². The second-order valence-corrected chi connectivity index (χ2v) is 10.3. The lowest BCUT2D eigenvalue weighted by Gasteiger charge is -2.05. The highest BCUT2D eigenvalue weighted by molar-refractivity contribution is 5.91. The highest BCUT2D eigenvalue weighted by Gasteiger charge is 2.01. The van der Waals surface area contributed by atoms with Gasteiger partial charge >= 0.3 is 0 Å². The van der Waals surface area contributed by atoms with Crippen LogP contribution in [0.4, 0.5) is 0 Å². The van der Waals surface area contributed by atoms with E-state index in [0.29, 0.717) is 0 Å². The molecule has 0 aliphatic rings. The van der Waals surface area contributed by atoms with Crippen molar-refractivity contribution in [1.82, 2.24) is 0 Å². The maximum atomic E-state index is 4.00. The van der Waals surface area contributed by atoms with Crippen molar-refractivity contribution in [2.75, 3.05) is 0 Å². The van der Waals surface area contributed by atoms with Crippen LogP contribution in [0.25, 0.3) is 27.6 Å². The predicted octanol–water partition coefficient (Wildman–Crippen LogP) is 12.9. The van der Waals surface area contributed by atoms with E-state index in [9.17, 15) is 0 Å². The molecule has 5 rings (SSSR count). The van der Waals surface area contributed by atoms with Crippen molar-refractivity contribution in [3.8, 4) is 24.7 Å². The number of fused-ring (bicyclic) bond motifs is 2. The molecule has 0 saturated heterocycles. The minimum absolute atomic E-state index is 1.16. The Morgan fingerprint density at radius 2 is 0.977 bits per heavy atom. The Kier molecular flexibility index (Phi) is 19.8. The van der Waals surface area contributed by atoms with E-state index in [0.717, 1.165) is 5.56 Å². The number of rotatable bonds is 1. The van der Waals surface area contributed by atoms with Crippen LogP contribution < -0.4 is 0 Å². The van der Waals surface area contributed by atoms with Gasteiger partial charge in [-0.1, -0.05) is 138 Å². The second kappa shape index (κ2) is 22.1. The fourth-order valence-corrected chi connectivity index (χ4v) is 4.45. The summed E-state index contributed by atoms with van der Waals surface area (Å²) >= 11 is 0. The Morgan fingerprint density at radius 1 is 0.591 bits per heavy atom. The maximum Gasteiger partial charge on any atom is 0.0352 e. The number of terminal acetylenes is 1. The van der Waals surface area contributed by atoms with Crippen LogP contribution in [-0.2, 0) is 0 Å². The Bertz CT molecular complexity index is 1620. The fraction of sp³-hybridized carbons (Fsp3) is 0.273. The van der Waals surface area contributed by atoms with Gasteiger partial charge in [-0.3, -0.25) is 0 Å². The van der Waals surface area contributed by atoms with Crippen molar-refractivity contribution in [3.63, 3.8) is 0 Å². The molecule has 0 unspecified atom stereocenters. The molecular weight excluding hydrogens is 528 g/mol. The first-order chi connectivity index (χ1) is 21.2. The lowest BCUT2D eigenvalue weighted by Crippen LogP contribution is -1.86. The zero-order valence-electron chi connectivity index (χ0n) is 29.2. The molecule has 0 heteroatoms. The number of benzene rings is 5. The van der Waals surface area contributed by atoms with Gasteiger partial charge in [0.25, 0.3) is 0 Å². The summed E-state index contributed by atoms with van der Waals surface area (Å²) in [5.41, 5.74) is 10.5. The molecule has 5 aromatic rings. The summed E-state index contributed by atoms with van der Waals surface area (Å²) in [6, 6.07) is 29.8. The van der Waals surface area contributed by atoms with Crippen LogP contribution >= 0.6 is 0 Å². The van der Waals surface area contributed by atoms with Crippen LogP contribution in [0.5, 0.6) is 0 Å². The van der Waals surface area contributed by atoms with Crippen molar-refractivity contribution in [2.45, 2.75) is 82.6 Å². The van der Waals surface area contributed by atoms with E-state index >= 15 is 0 Å². The second-order valence-electron chi connectivity index (χ2n) is 10.3. The van der Waals surface area contributed by atoms with Crippen molar-refractivity contribution in [2.24, 2.45) is 0 Å². The largest absolute Gasteiger partial charge is 0.124 e. The molecule has 0 aliphatic heterocycles. The van der Waals surface area contributed by atoms with Crippen molar-refractivity contribution in [3.05, 3.63) is 136 Å². The zero-order chi connectivity index (χ0) is 33.7. The van der Waals surface area contributed by atoms with Crippen LogP contribution in [0.3, 0.4) is 0 Å². The van der Waals surface area contributed by atoms with Crippen molar-refractivity contribution >= 4 is 27.6 Å². The van der Waals surface area contributed by atoms with Gasteiger partial charge in [0.1, 0.15) is 0 Å². The molecule has 0 saturated carbocycles. The minimum atomic E-state index is 1.16. The number of hydrogen-bond donors (Lipinski definition) is 0. The molecule has 0 radical (unpaired) electrons. The SMILES string of the molecule is C#C.C=Cc1c(C)ccc2ccccc12.CC.CC#Cc1c(C)ccc2ccccc12.CCC.Cc1cc(C)c(C)cc1C. The molecule has 0 aliphatic carbocycles. The van der Waals surface area contributed by atoms with Gasteiger partial charge in [0.15, 0.2) is 0 Å². The van der Waals surface area contributed by atoms with E-state index in [2.05, 4.69) is 172 Å². The highest BCUT2D eigenvalue weighted by atomic mass is 14.0. The van der Waals surface area contributed by atoms with Crippen molar-refractivity contribution in [1.29, 1.82) is 0 Å². The third-order valence-corrected chi connectivity index (χ3v) is 6.89. The lowest BCUT2D eigenvalue weighted by molar-refractivity contribution is 1.09. The smallest absolute Gasteiger partial charge is 0.0352 e. The third kappa shape index (κ3) is 12.0. The van der Waals surface area contributed by atoms with Crippen LogP contribution in [0.1, 0.15) is 85.5 Å². The molecule has 0 amide bonds. The molecule has 0 spiro atoms. The van der Waals surface area contributed by atoms with Crippen molar-refractivity contribution < 1.29 is 0 Å². The van der Waals surface area contributed by atoms with Gasteiger partial charge in [-0.05, 0) is 109 Å². The van der Waals surface area contributed by atoms with Gasteiger partial charge in [0.05, 0.1) is 0 Å². The normalized spacial score (nSPS) is 8.93. The topological polar surface area (TPSA) is 0 Å². The summed E-state index contributed by atoms with van der Waals surface area (Å²) < 4.78 is 0. The first-order valence-corrected chi connectivity index (χ1v) is 15.6. The molecule has 0 aromatic heterocycles. The van der Waals surface area contributed by atoms with E-state index in [1.807, 2.05) is 26.8 Å². The molecule has 44 heavy (non-hydrogen) atoms. The molecule has 0 fully saturated rings. The highest BCUT2D eigenvalue weighted by Crippen LogP contribution is 2.23. The summed E-state index contributed by atoms with van der Waals surface area (Å²) in [5, 5.41) is 5.08. The van der Waals surface area contributed by atoms with Crippen LogP contribution in [0.15, 0.2) is 91.5 Å². The van der Waals surface area contributed by atoms with Gasteiger partial charge in [-0.15, -0.1) is 18.8 Å². The zero-order valence-corrected chi connectivity index (χ0v) is 29.2. The Labute approximate surface area is 270 Å². The van der Waals surface area contributed by atoms with Crippen LogP contribution in [0, 0.1) is 66.2 Å². The molecule has 0 atom stereocenters. The molecule has 230 valence electrons. The molecule has 0 N–H and O–H groups in total. The van der Waals surface area contributed by atoms with E-state index in [1.165, 1.54) is 66.9 Å². The molecule has 0 bridgehead atoms. The van der Waals surface area contributed by atoms with Gasteiger partial charge < -0.3 is 0 Å². The minimum Gasteiger partial charge on any atom is -0.124 e. The summed E-state index contributed by atoms with van der Waals surface area (Å²) in [7, 11) is 0. The Balaban J connectivity index is 0.000000577. The Hall–Kier alpha value is -4.52. The van der Waals surface area contributed by atoms with Gasteiger partial charge in [0, 0.05) is 5.56 Å². The summed E-state index contributed by atoms with van der Waals surface area (Å²) in [6.07, 6.45) is 11.2. The molecule has 5 aromatic carbocycles. The standard InChI is InChI=1S/C14H12.C13H12.C10H14.C3H8.C2H6.C2H2/c1-3-6-13-11(2)9-10-12-7-4-5-8-14(12)13;1-3-12-10(2)8-9-11-6-4-5-7-13(11)12;1-7-5-9(3)10(4)6-8(7)2;1-3-2;2*1-2/h4-5,7-10H,1-2H3;3-9H,1H2,2H3;5-6H,1-4H3;3H2,1-2H3;1-2H3;1-2H.